The van der Waals surface area contributed by atoms with Crippen LogP contribution in [0.1, 0.15) is 5.56 Å². The van der Waals surface area contributed by atoms with Gasteiger partial charge in [-0.2, -0.15) is 5.26 Å². The number of halogens is 2. The number of carbonyl (C=O) groups is 1. The number of benzene rings is 2. The van der Waals surface area contributed by atoms with Gasteiger partial charge in [0.15, 0.2) is 6.61 Å². The van der Waals surface area contributed by atoms with Gasteiger partial charge < -0.3 is 10.1 Å². The molecule has 0 aliphatic heterocycles. The molecule has 0 aliphatic rings. The van der Waals surface area contributed by atoms with E-state index in [1.54, 1.807) is 24.3 Å². The van der Waals surface area contributed by atoms with Crippen LogP contribution in [-0.2, 0) is 4.79 Å². The first-order valence-corrected chi connectivity index (χ1v) is 6.76. The van der Waals surface area contributed by atoms with E-state index >= 15 is 0 Å². The first kappa shape index (κ1) is 15.0. The number of nitriles is 1. The Morgan fingerprint density at radius 3 is 2.81 bits per heavy atom. The summed E-state index contributed by atoms with van der Waals surface area (Å²) >= 11 is 3.16. The number of nitrogens with zero attached hydrogens (tertiary/aromatic N) is 1. The number of amides is 1. The number of para-hydroxylation sites is 1. The van der Waals surface area contributed by atoms with Gasteiger partial charge in [0.1, 0.15) is 17.6 Å². The zero-order valence-corrected chi connectivity index (χ0v) is 12.4. The van der Waals surface area contributed by atoms with Crippen LogP contribution < -0.4 is 10.1 Å². The molecule has 2 aromatic rings. The SMILES string of the molecule is N#Cc1ccccc1OCC(=O)Nc1ccc(F)cc1Br. The third kappa shape index (κ3) is 4.04. The molecule has 1 N–H and O–H groups in total. The van der Waals surface area contributed by atoms with E-state index in [2.05, 4.69) is 21.2 Å². The van der Waals surface area contributed by atoms with Crippen LogP contribution >= 0.6 is 15.9 Å². The number of rotatable bonds is 4. The summed E-state index contributed by atoms with van der Waals surface area (Å²) in [4.78, 5) is 11.8. The first-order chi connectivity index (χ1) is 10.1. The molecule has 2 aromatic carbocycles. The molecule has 1 amide bonds. The molecule has 106 valence electrons. The summed E-state index contributed by atoms with van der Waals surface area (Å²) in [7, 11) is 0. The van der Waals surface area contributed by atoms with Crippen molar-refractivity contribution < 1.29 is 13.9 Å². The minimum Gasteiger partial charge on any atom is -0.482 e. The maximum absolute atomic E-state index is 12.9. The van der Waals surface area contributed by atoms with Gasteiger partial charge in [-0.15, -0.1) is 0 Å². The number of ether oxygens (including phenoxy) is 1. The minimum absolute atomic E-state index is 0.248. The first-order valence-electron chi connectivity index (χ1n) is 5.97. The second kappa shape index (κ2) is 6.86. The fraction of sp³-hybridized carbons (Fsp3) is 0.0667. The van der Waals surface area contributed by atoms with Gasteiger partial charge in [0.05, 0.1) is 11.3 Å². The van der Waals surface area contributed by atoms with E-state index in [1.807, 2.05) is 6.07 Å². The monoisotopic (exact) mass is 348 g/mol. The predicted octanol–water partition coefficient (Wildman–Crippen LogP) is 3.48. The topological polar surface area (TPSA) is 62.1 Å². The van der Waals surface area contributed by atoms with Crippen LogP contribution in [0.3, 0.4) is 0 Å². The molecule has 0 aromatic heterocycles. The van der Waals surface area contributed by atoms with Gasteiger partial charge in [0.2, 0.25) is 0 Å². The number of hydrogen-bond donors (Lipinski definition) is 1. The second-order valence-corrected chi connectivity index (χ2v) is 4.92. The second-order valence-electron chi connectivity index (χ2n) is 4.07. The highest BCUT2D eigenvalue weighted by atomic mass is 79.9. The van der Waals surface area contributed by atoms with E-state index in [9.17, 15) is 9.18 Å². The van der Waals surface area contributed by atoms with Crippen molar-refractivity contribution in [3.63, 3.8) is 0 Å². The van der Waals surface area contributed by atoms with E-state index < -0.39 is 11.7 Å². The van der Waals surface area contributed by atoms with Crippen LogP contribution in [0.25, 0.3) is 0 Å². The molecule has 0 saturated carbocycles. The largest absolute Gasteiger partial charge is 0.482 e. The van der Waals surface area contributed by atoms with Gasteiger partial charge in [-0.25, -0.2) is 4.39 Å². The van der Waals surface area contributed by atoms with E-state index in [0.29, 0.717) is 21.5 Å². The Bertz CT molecular complexity index is 713. The lowest BCUT2D eigenvalue weighted by Gasteiger charge is -2.09. The Hall–Kier alpha value is -2.39. The summed E-state index contributed by atoms with van der Waals surface area (Å²) in [6.07, 6.45) is 0. The van der Waals surface area contributed by atoms with Crippen LogP contribution in [0.4, 0.5) is 10.1 Å². The highest BCUT2D eigenvalue weighted by molar-refractivity contribution is 9.10. The molecule has 0 atom stereocenters. The Morgan fingerprint density at radius 1 is 1.33 bits per heavy atom. The Balaban J connectivity index is 1.98. The summed E-state index contributed by atoms with van der Waals surface area (Å²) in [6, 6.07) is 12.6. The Kier molecular flexibility index (Phi) is 4.90. The van der Waals surface area contributed by atoms with Crippen molar-refractivity contribution in [3.05, 3.63) is 58.3 Å². The van der Waals surface area contributed by atoms with Crippen molar-refractivity contribution >= 4 is 27.5 Å². The molecule has 0 saturated heterocycles. The van der Waals surface area contributed by atoms with Gasteiger partial charge in [0, 0.05) is 4.47 Å². The summed E-state index contributed by atoms with van der Waals surface area (Å²) < 4.78 is 18.7. The minimum atomic E-state index is -0.407. The Labute approximate surface area is 129 Å². The molecule has 0 bridgehead atoms. The van der Waals surface area contributed by atoms with E-state index in [-0.39, 0.29) is 6.61 Å². The summed E-state index contributed by atoms with van der Waals surface area (Å²) in [5, 5.41) is 11.5. The van der Waals surface area contributed by atoms with E-state index in [4.69, 9.17) is 10.00 Å². The third-order valence-corrected chi connectivity index (χ3v) is 3.23. The molecule has 0 spiro atoms. The lowest BCUT2D eigenvalue weighted by atomic mass is 10.2. The maximum atomic E-state index is 12.9. The van der Waals surface area contributed by atoms with Gasteiger partial charge in [-0.05, 0) is 46.3 Å². The lowest BCUT2D eigenvalue weighted by molar-refractivity contribution is -0.118. The van der Waals surface area contributed by atoms with Crippen molar-refractivity contribution in [2.75, 3.05) is 11.9 Å². The molecule has 2 rings (SSSR count). The number of carbonyl (C=O) groups excluding carboxylic acids is 1. The number of nitrogens with one attached hydrogen (secondary N) is 1. The molecule has 4 nitrogen and oxygen atoms in total. The van der Waals surface area contributed by atoms with Crippen molar-refractivity contribution in [2.24, 2.45) is 0 Å². The molecule has 6 heteroatoms. The zero-order valence-electron chi connectivity index (χ0n) is 10.8. The molecule has 0 radical (unpaired) electrons. The van der Waals surface area contributed by atoms with E-state index in [0.717, 1.165) is 0 Å². The average Bonchev–Trinajstić information content (AvgIpc) is 2.48. The number of hydrogen-bond acceptors (Lipinski definition) is 3. The highest BCUT2D eigenvalue weighted by Crippen LogP contribution is 2.23. The van der Waals surface area contributed by atoms with Crippen LogP contribution in [0, 0.1) is 17.1 Å². The molecule has 0 fully saturated rings. The van der Waals surface area contributed by atoms with Crippen molar-refractivity contribution in [1.29, 1.82) is 5.26 Å². The maximum Gasteiger partial charge on any atom is 0.262 e. The summed E-state index contributed by atoms with van der Waals surface area (Å²) in [5.74, 6) is -0.470. The number of anilines is 1. The quantitative estimate of drug-likeness (QED) is 0.919. The molecule has 21 heavy (non-hydrogen) atoms. The van der Waals surface area contributed by atoms with Gasteiger partial charge in [-0.3, -0.25) is 4.79 Å². The van der Waals surface area contributed by atoms with Crippen molar-refractivity contribution in [1.82, 2.24) is 0 Å². The standard InChI is InChI=1S/C15H10BrFN2O2/c16-12-7-11(17)5-6-13(12)19-15(20)9-21-14-4-2-1-3-10(14)8-18/h1-7H,9H2,(H,19,20). The molecular formula is C15H10BrFN2O2. The summed E-state index contributed by atoms with van der Waals surface area (Å²) in [5.41, 5.74) is 0.798. The predicted molar refractivity (Wildman–Crippen MR) is 79.4 cm³/mol. The van der Waals surface area contributed by atoms with Gasteiger partial charge in [-0.1, -0.05) is 12.1 Å². The van der Waals surface area contributed by atoms with Crippen LogP contribution in [0.5, 0.6) is 5.75 Å². The van der Waals surface area contributed by atoms with Crippen LogP contribution in [0.2, 0.25) is 0 Å². The van der Waals surface area contributed by atoms with Crippen molar-refractivity contribution in [3.8, 4) is 11.8 Å². The van der Waals surface area contributed by atoms with Crippen LogP contribution in [0.15, 0.2) is 46.9 Å². The lowest BCUT2D eigenvalue weighted by Crippen LogP contribution is -2.20. The molecule has 0 aliphatic carbocycles. The Morgan fingerprint density at radius 2 is 2.10 bits per heavy atom. The van der Waals surface area contributed by atoms with E-state index in [1.165, 1.54) is 18.2 Å². The average molecular weight is 349 g/mol. The third-order valence-electron chi connectivity index (χ3n) is 2.57. The molecular weight excluding hydrogens is 339 g/mol. The molecule has 0 unspecified atom stereocenters. The molecule has 0 heterocycles. The van der Waals surface area contributed by atoms with Gasteiger partial charge in [0.25, 0.3) is 5.91 Å². The smallest absolute Gasteiger partial charge is 0.262 e. The zero-order chi connectivity index (χ0) is 15.2. The normalized spacial score (nSPS) is 9.76. The summed E-state index contributed by atoms with van der Waals surface area (Å²) in [6.45, 7) is -0.248. The van der Waals surface area contributed by atoms with Gasteiger partial charge >= 0.3 is 0 Å². The highest BCUT2D eigenvalue weighted by Gasteiger charge is 2.09. The van der Waals surface area contributed by atoms with Crippen molar-refractivity contribution in [2.45, 2.75) is 0 Å². The fourth-order valence-electron chi connectivity index (χ4n) is 1.61. The van der Waals surface area contributed by atoms with Crippen LogP contribution in [-0.4, -0.2) is 12.5 Å². The fourth-order valence-corrected chi connectivity index (χ4v) is 2.06.